The van der Waals surface area contributed by atoms with Crippen LogP contribution >= 0.6 is 0 Å². The third-order valence-corrected chi connectivity index (χ3v) is 5.58. The summed E-state index contributed by atoms with van der Waals surface area (Å²) in [6.07, 6.45) is 3.79. The number of fused-ring (bicyclic) bond motifs is 1. The summed E-state index contributed by atoms with van der Waals surface area (Å²) in [5.74, 6) is 0.655. The Balaban J connectivity index is 1.38. The third-order valence-electron chi connectivity index (χ3n) is 5.58. The SMILES string of the molecule is CC1CCN(Cc2ccc(NC(=O)Cn3ncc(=O)c4ccccc43)cc2)CC1. The van der Waals surface area contributed by atoms with Crippen molar-refractivity contribution in [3.8, 4) is 0 Å². The molecule has 1 aromatic heterocycles. The average molecular weight is 390 g/mol. The number of piperidine rings is 1. The number of aromatic nitrogens is 2. The lowest BCUT2D eigenvalue weighted by Crippen LogP contribution is -2.32. The molecule has 2 heterocycles. The van der Waals surface area contributed by atoms with Crippen LogP contribution in [0.3, 0.4) is 0 Å². The number of carbonyl (C=O) groups is 1. The molecule has 1 aliphatic heterocycles. The van der Waals surface area contributed by atoms with Gasteiger partial charge in [0.15, 0.2) is 0 Å². The highest BCUT2D eigenvalue weighted by Gasteiger charge is 2.15. The van der Waals surface area contributed by atoms with Crippen molar-refractivity contribution in [2.45, 2.75) is 32.9 Å². The lowest BCUT2D eigenvalue weighted by atomic mass is 9.99. The van der Waals surface area contributed by atoms with Crippen molar-refractivity contribution in [2.24, 2.45) is 5.92 Å². The maximum Gasteiger partial charge on any atom is 0.246 e. The second-order valence-electron chi connectivity index (χ2n) is 7.89. The second-order valence-corrected chi connectivity index (χ2v) is 7.89. The topological polar surface area (TPSA) is 67.2 Å². The van der Waals surface area contributed by atoms with E-state index in [1.165, 1.54) is 24.6 Å². The number of anilines is 1. The van der Waals surface area contributed by atoms with Crippen LogP contribution in [0.15, 0.2) is 59.5 Å². The molecule has 6 heteroatoms. The number of hydrogen-bond donors (Lipinski definition) is 1. The number of nitrogens with zero attached hydrogens (tertiary/aromatic N) is 3. The molecule has 0 saturated carbocycles. The Kier molecular flexibility index (Phi) is 5.71. The molecule has 0 aliphatic carbocycles. The number of hydrogen-bond acceptors (Lipinski definition) is 4. The normalized spacial score (nSPS) is 15.5. The Bertz CT molecular complexity index is 1050. The molecule has 2 aromatic carbocycles. The van der Waals surface area contributed by atoms with Crippen LogP contribution < -0.4 is 10.7 Å². The summed E-state index contributed by atoms with van der Waals surface area (Å²) in [6, 6.07) is 15.2. The molecular formula is C23H26N4O2. The van der Waals surface area contributed by atoms with Gasteiger partial charge >= 0.3 is 0 Å². The van der Waals surface area contributed by atoms with E-state index in [0.29, 0.717) is 10.9 Å². The Morgan fingerprint density at radius 2 is 1.83 bits per heavy atom. The lowest BCUT2D eigenvalue weighted by Gasteiger charge is -2.30. The van der Waals surface area contributed by atoms with Gasteiger partial charge in [0.2, 0.25) is 11.3 Å². The predicted octanol–water partition coefficient (Wildman–Crippen LogP) is 3.27. The zero-order valence-electron chi connectivity index (χ0n) is 16.7. The summed E-state index contributed by atoms with van der Waals surface area (Å²) >= 11 is 0. The molecule has 150 valence electrons. The second kappa shape index (κ2) is 8.57. The van der Waals surface area contributed by atoms with Gasteiger partial charge in [-0.25, -0.2) is 0 Å². The van der Waals surface area contributed by atoms with Crippen molar-refractivity contribution < 1.29 is 4.79 Å². The molecule has 1 amide bonds. The first kappa shape index (κ1) is 19.3. The average Bonchev–Trinajstić information content (AvgIpc) is 2.73. The van der Waals surface area contributed by atoms with Gasteiger partial charge in [-0.1, -0.05) is 31.2 Å². The van der Waals surface area contributed by atoms with E-state index in [0.717, 1.165) is 31.2 Å². The minimum Gasteiger partial charge on any atom is -0.324 e. The fourth-order valence-electron chi connectivity index (χ4n) is 3.80. The molecule has 1 aliphatic rings. The van der Waals surface area contributed by atoms with Crippen LogP contribution in [0.1, 0.15) is 25.3 Å². The number of likely N-dealkylation sites (tertiary alicyclic amines) is 1. The maximum atomic E-state index is 12.5. The number of carbonyl (C=O) groups excluding carboxylic acids is 1. The minimum atomic E-state index is -0.177. The first-order valence-electron chi connectivity index (χ1n) is 10.1. The van der Waals surface area contributed by atoms with E-state index in [1.807, 2.05) is 18.2 Å². The molecule has 0 unspecified atom stereocenters. The lowest BCUT2D eigenvalue weighted by molar-refractivity contribution is -0.116. The van der Waals surface area contributed by atoms with E-state index in [2.05, 4.69) is 34.4 Å². The Labute approximate surface area is 170 Å². The number of para-hydroxylation sites is 1. The maximum absolute atomic E-state index is 12.5. The zero-order valence-corrected chi connectivity index (χ0v) is 16.7. The molecule has 1 fully saturated rings. The van der Waals surface area contributed by atoms with Crippen molar-refractivity contribution >= 4 is 22.5 Å². The van der Waals surface area contributed by atoms with Gasteiger partial charge in [0.05, 0.1) is 11.7 Å². The molecule has 29 heavy (non-hydrogen) atoms. The van der Waals surface area contributed by atoms with E-state index in [-0.39, 0.29) is 17.9 Å². The quantitative estimate of drug-likeness (QED) is 0.726. The predicted molar refractivity (Wildman–Crippen MR) is 115 cm³/mol. The summed E-state index contributed by atoms with van der Waals surface area (Å²) in [5, 5.41) is 7.59. The number of rotatable bonds is 5. The van der Waals surface area contributed by atoms with Crippen LogP contribution in [0, 0.1) is 5.92 Å². The van der Waals surface area contributed by atoms with Crippen LogP contribution in [0.25, 0.3) is 10.9 Å². The van der Waals surface area contributed by atoms with Crippen molar-refractivity contribution in [1.82, 2.24) is 14.7 Å². The van der Waals surface area contributed by atoms with Crippen molar-refractivity contribution in [3.63, 3.8) is 0 Å². The first-order chi connectivity index (χ1) is 14.1. The summed E-state index contributed by atoms with van der Waals surface area (Å²) < 4.78 is 1.55. The zero-order chi connectivity index (χ0) is 20.2. The summed E-state index contributed by atoms with van der Waals surface area (Å²) in [4.78, 5) is 26.9. The highest BCUT2D eigenvalue weighted by atomic mass is 16.2. The van der Waals surface area contributed by atoms with Crippen LogP contribution in [-0.4, -0.2) is 33.7 Å². The van der Waals surface area contributed by atoms with Crippen molar-refractivity contribution in [3.05, 3.63) is 70.5 Å². The third kappa shape index (κ3) is 4.71. The molecule has 3 aromatic rings. The summed E-state index contributed by atoms with van der Waals surface area (Å²) in [5.41, 5.74) is 2.53. The number of benzene rings is 2. The van der Waals surface area contributed by atoms with Crippen LogP contribution in [0.4, 0.5) is 5.69 Å². The Morgan fingerprint density at radius 1 is 1.10 bits per heavy atom. The number of amides is 1. The largest absolute Gasteiger partial charge is 0.324 e. The molecule has 6 nitrogen and oxygen atoms in total. The molecule has 1 N–H and O–H groups in total. The van der Waals surface area contributed by atoms with Gasteiger partial charge in [-0.15, -0.1) is 0 Å². The van der Waals surface area contributed by atoms with Gasteiger partial charge in [-0.3, -0.25) is 19.2 Å². The van der Waals surface area contributed by atoms with Gasteiger partial charge in [0, 0.05) is 17.6 Å². The molecule has 4 rings (SSSR count). The standard InChI is InChI=1S/C23H26N4O2/c1-17-10-12-26(13-11-17)15-18-6-8-19(9-7-18)25-23(29)16-27-21-5-3-2-4-20(21)22(28)14-24-27/h2-9,14,17H,10-13,15-16H2,1H3,(H,25,29). The molecule has 0 spiro atoms. The van der Waals surface area contributed by atoms with Gasteiger partial charge in [0.1, 0.15) is 6.54 Å². The van der Waals surface area contributed by atoms with Crippen LogP contribution in [0.2, 0.25) is 0 Å². The van der Waals surface area contributed by atoms with Gasteiger partial charge in [0.25, 0.3) is 0 Å². The van der Waals surface area contributed by atoms with E-state index in [4.69, 9.17) is 0 Å². The fourth-order valence-corrected chi connectivity index (χ4v) is 3.80. The van der Waals surface area contributed by atoms with E-state index in [1.54, 1.807) is 22.9 Å². The van der Waals surface area contributed by atoms with Crippen LogP contribution in [-0.2, 0) is 17.9 Å². The van der Waals surface area contributed by atoms with E-state index in [9.17, 15) is 9.59 Å². The molecular weight excluding hydrogens is 364 g/mol. The minimum absolute atomic E-state index is 0.0501. The van der Waals surface area contributed by atoms with Gasteiger partial charge in [-0.2, -0.15) is 5.10 Å². The van der Waals surface area contributed by atoms with Gasteiger partial charge < -0.3 is 5.32 Å². The van der Waals surface area contributed by atoms with Crippen LogP contribution in [0.5, 0.6) is 0 Å². The highest BCUT2D eigenvalue weighted by molar-refractivity contribution is 5.91. The molecule has 0 atom stereocenters. The summed E-state index contributed by atoms with van der Waals surface area (Å²) in [7, 11) is 0. The Hall–Kier alpha value is -2.99. The fraction of sp³-hybridized carbons (Fsp3) is 0.348. The highest BCUT2D eigenvalue weighted by Crippen LogP contribution is 2.19. The number of nitrogens with one attached hydrogen (secondary N) is 1. The van der Waals surface area contributed by atoms with E-state index >= 15 is 0 Å². The molecule has 0 radical (unpaired) electrons. The monoisotopic (exact) mass is 390 g/mol. The summed E-state index contributed by atoms with van der Waals surface area (Å²) in [6.45, 7) is 5.63. The first-order valence-corrected chi connectivity index (χ1v) is 10.1. The van der Waals surface area contributed by atoms with Crippen molar-refractivity contribution in [2.75, 3.05) is 18.4 Å². The Morgan fingerprint density at radius 3 is 2.59 bits per heavy atom. The molecule has 1 saturated heterocycles. The smallest absolute Gasteiger partial charge is 0.246 e. The van der Waals surface area contributed by atoms with Crippen molar-refractivity contribution in [1.29, 1.82) is 0 Å². The van der Waals surface area contributed by atoms with Gasteiger partial charge in [-0.05, 0) is 61.7 Å². The molecule has 0 bridgehead atoms. The van der Waals surface area contributed by atoms with E-state index < -0.39 is 0 Å².